The van der Waals surface area contributed by atoms with Crippen LogP contribution in [0.15, 0.2) is 29.4 Å². The lowest BCUT2D eigenvalue weighted by Crippen LogP contribution is -2.36. The van der Waals surface area contributed by atoms with Crippen LogP contribution in [0.1, 0.15) is 20.8 Å². The van der Waals surface area contributed by atoms with E-state index in [-0.39, 0.29) is 17.0 Å². The summed E-state index contributed by atoms with van der Waals surface area (Å²) < 4.78 is 29.4. The highest BCUT2D eigenvalue weighted by atomic mass is 32.2. The van der Waals surface area contributed by atoms with Crippen LogP contribution in [0, 0.1) is 5.92 Å². The fraction of sp³-hybridized carbons (Fsp3) is 0.462. The lowest BCUT2D eigenvalue weighted by molar-refractivity contribution is 0.475. The molecular formula is C13H20N4O2S. The minimum absolute atomic E-state index is 0.142. The maximum Gasteiger partial charge on any atom is 0.260 e. The van der Waals surface area contributed by atoms with E-state index in [1.807, 2.05) is 26.8 Å². The first-order valence-electron chi connectivity index (χ1n) is 6.54. The number of hydrogen-bond acceptors (Lipinski definition) is 4. The molecule has 1 unspecified atom stereocenters. The van der Waals surface area contributed by atoms with Crippen LogP contribution in [0.25, 0.3) is 5.65 Å². The molecule has 20 heavy (non-hydrogen) atoms. The van der Waals surface area contributed by atoms with Crippen LogP contribution < -0.4 is 10.0 Å². The van der Waals surface area contributed by atoms with Gasteiger partial charge in [-0.2, -0.15) is 0 Å². The number of aromatic nitrogens is 2. The Bertz CT molecular complexity index is 706. The number of anilines is 1. The molecule has 2 heterocycles. The van der Waals surface area contributed by atoms with E-state index in [1.165, 1.54) is 0 Å². The minimum Gasteiger partial charge on any atom is -0.371 e. The third-order valence-corrected chi connectivity index (χ3v) is 4.90. The van der Waals surface area contributed by atoms with Crippen molar-refractivity contribution in [2.75, 3.05) is 12.4 Å². The zero-order valence-corrected chi connectivity index (χ0v) is 12.9. The Hall–Kier alpha value is -1.60. The number of rotatable bonds is 5. The predicted octanol–water partition coefficient (Wildman–Crippen LogP) is 1.70. The Morgan fingerprint density at radius 3 is 2.55 bits per heavy atom. The molecule has 0 aliphatic rings. The number of imidazole rings is 1. The van der Waals surface area contributed by atoms with E-state index < -0.39 is 10.0 Å². The summed E-state index contributed by atoms with van der Waals surface area (Å²) in [6.45, 7) is 5.80. The van der Waals surface area contributed by atoms with Gasteiger partial charge >= 0.3 is 0 Å². The van der Waals surface area contributed by atoms with Crippen LogP contribution in [0.5, 0.6) is 0 Å². The summed E-state index contributed by atoms with van der Waals surface area (Å²) in [5.74, 6) is 0.557. The molecular weight excluding hydrogens is 276 g/mol. The summed E-state index contributed by atoms with van der Waals surface area (Å²) in [5.41, 5.74) is 0.592. The lowest BCUT2D eigenvalue weighted by atomic mass is 10.1. The van der Waals surface area contributed by atoms with E-state index in [4.69, 9.17) is 0 Å². The van der Waals surface area contributed by atoms with E-state index in [9.17, 15) is 8.42 Å². The lowest BCUT2D eigenvalue weighted by Gasteiger charge is -2.17. The molecule has 0 bridgehead atoms. The van der Waals surface area contributed by atoms with Crippen molar-refractivity contribution in [3.63, 3.8) is 0 Å². The van der Waals surface area contributed by atoms with Gasteiger partial charge in [-0.1, -0.05) is 19.9 Å². The maximum atomic E-state index is 12.6. The van der Waals surface area contributed by atoms with E-state index in [0.29, 0.717) is 11.5 Å². The van der Waals surface area contributed by atoms with Gasteiger partial charge in [0.05, 0.1) is 0 Å². The molecule has 110 valence electrons. The van der Waals surface area contributed by atoms with E-state index in [0.717, 1.165) is 0 Å². The van der Waals surface area contributed by atoms with E-state index >= 15 is 0 Å². The SMILES string of the molecule is CNc1nc2ccccn2c1S(=O)(=O)NC(C)C(C)C. The molecule has 0 aromatic carbocycles. The number of sulfonamides is 1. The fourth-order valence-electron chi connectivity index (χ4n) is 1.83. The maximum absolute atomic E-state index is 12.6. The summed E-state index contributed by atoms with van der Waals surface area (Å²) in [5, 5.41) is 2.98. The zero-order valence-electron chi connectivity index (χ0n) is 12.1. The van der Waals surface area contributed by atoms with Crippen molar-refractivity contribution in [1.82, 2.24) is 14.1 Å². The van der Waals surface area contributed by atoms with Crippen LogP contribution in [0.2, 0.25) is 0 Å². The minimum atomic E-state index is -3.64. The van der Waals surface area contributed by atoms with Crippen LogP contribution >= 0.6 is 0 Å². The first-order chi connectivity index (χ1) is 9.36. The third-order valence-electron chi connectivity index (χ3n) is 3.32. The van der Waals surface area contributed by atoms with Gasteiger partial charge in [0, 0.05) is 19.3 Å². The molecule has 0 radical (unpaired) electrons. The predicted molar refractivity (Wildman–Crippen MR) is 79.4 cm³/mol. The van der Waals surface area contributed by atoms with Crippen molar-refractivity contribution in [3.05, 3.63) is 24.4 Å². The Balaban J connectivity index is 2.56. The fourth-order valence-corrected chi connectivity index (χ4v) is 3.52. The van der Waals surface area contributed by atoms with Gasteiger partial charge in [0.25, 0.3) is 10.0 Å². The molecule has 2 N–H and O–H groups in total. The Kier molecular flexibility index (Phi) is 4.01. The number of hydrogen-bond donors (Lipinski definition) is 2. The summed E-state index contributed by atoms with van der Waals surface area (Å²) >= 11 is 0. The molecule has 0 aliphatic carbocycles. The van der Waals surface area contributed by atoms with Crippen molar-refractivity contribution in [3.8, 4) is 0 Å². The average Bonchev–Trinajstić information content (AvgIpc) is 2.77. The highest BCUT2D eigenvalue weighted by Gasteiger charge is 2.27. The third kappa shape index (κ3) is 2.64. The van der Waals surface area contributed by atoms with Crippen molar-refractivity contribution in [2.45, 2.75) is 31.8 Å². The van der Waals surface area contributed by atoms with Gasteiger partial charge in [0.15, 0.2) is 10.8 Å². The average molecular weight is 296 g/mol. The van der Waals surface area contributed by atoms with Crippen molar-refractivity contribution >= 4 is 21.5 Å². The molecule has 2 aromatic heterocycles. The summed E-state index contributed by atoms with van der Waals surface area (Å²) in [7, 11) is -1.98. The number of fused-ring (bicyclic) bond motifs is 1. The Morgan fingerprint density at radius 1 is 1.25 bits per heavy atom. The van der Waals surface area contributed by atoms with Crippen molar-refractivity contribution < 1.29 is 8.42 Å². The standard InChI is InChI=1S/C13H20N4O2S/c1-9(2)10(3)16-20(18,19)13-12(14-4)15-11-7-5-6-8-17(11)13/h5-10,14,16H,1-4H3. The van der Waals surface area contributed by atoms with Crippen molar-refractivity contribution in [2.24, 2.45) is 5.92 Å². The van der Waals surface area contributed by atoms with Gasteiger partial charge < -0.3 is 5.32 Å². The monoisotopic (exact) mass is 296 g/mol. The molecule has 0 saturated heterocycles. The van der Waals surface area contributed by atoms with Crippen LogP contribution in [0.4, 0.5) is 5.82 Å². The van der Waals surface area contributed by atoms with Gasteiger partial charge in [-0.05, 0) is 25.0 Å². The Labute approximate surface area is 119 Å². The van der Waals surface area contributed by atoms with Gasteiger partial charge in [0.2, 0.25) is 0 Å². The number of pyridine rings is 1. The first-order valence-corrected chi connectivity index (χ1v) is 8.02. The number of nitrogens with zero attached hydrogens (tertiary/aromatic N) is 2. The summed E-state index contributed by atoms with van der Waals surface area (Å²) in [4.78, 5) is 4.28. The highest BCUT2D eigenvalue weighted by Crippen LogP contribution is 2.22. The van der Waals surface area contributed by atoms with E-state index in [2.05, 4.69) is 15.0 Å². The second-order valence-corrected chi connectivity index (χ2v) is 6.73. The molecule has 0 amide bonds. The van der Waals surface area contributed by atoms with Crippen molar-refractivity contribution in [1.29, 1.82) is 0 Å². The number of nitrogens with one attached hydrogen (secondary N) is 2. The molecule has 1 atom stereocenters. The summed E-state index contributed by atoms with van der Waals surface area (Å²) in [6.07, 6.45) is 1.69. The van der Waals surface area contributed by atoms with Crippen LogP contribution in [0.3, 0.4) is 0 Å². The second-order valence-electron chi connectivity index (χ2n) is 5.10. The molecule has 0 saturated carbocycles. The molecule has 2 aromatic rings. The summed E-state index contributed by atoms with van der Waals surface area (Å²) in [6, 6.07) is 5.21. The zero-order chi connectivity index (χ0) is 14.9. The second kappa shape index (κ2) is 5.41. The van der Waals surface area contributed by atoms with Gasteiger partial charge in [-0.25, -0.2) is 18.1 Å². The van der Waals surface area contributed by atoms with Gasteiger partial charge in [-0.15, -0.1) is 0 Å². The Morgan fingerprint density at radius 2 is 1.95 bits per heavy atom. The van der Waals surface area contributed by atoms with Crippen LogP contribution in [-0.2, 0) is 10.0 Å². The molecule has 7 heteroatoms. The highest BCUT2D eigenvalue weighted by molar-refractivity contribution is 7.89. The van der Waals surface area contributed by atoms with Gasteiger partial charge in [0.1, 0.15) is 5.65 Å². The van der Waals surface area contributed by atoms with Crippen LogP contribution in [-0.4, -0.2) is 30.9 Å². The largest absolute Gasteiger partial charge is 0.371 e. The molecule has 0 aliphatic heterocycles. The van der Waals surface area contributed by atoms with E-state index in [1.54, 1.807) is 29.8 Å². The molecule has 0 spiro atoms. The first kappa shape index (κ1) is 14.8. The molecule has 0 fully saturated rings. The normalized spacial score (nSPS) is 13.8. The molecule has 6 nitrogen and oxygen atoms in total. The smallest absolute Gasteiger partial charge is 0.260 e. The van der Waals surface area contributed by atoms with Gasteiger partial charge in [-0.3, -0.25) is 4.40 Å². The topological polar surface area (TPSA) is 75.5 Å². The quantitative estimate of drug-likeness (QED) is 0.880. The molecule has 2 rings (SSSR count).